The van der Waals surface area contributed by atoms with Crippen LogP contribution in [0.15, 0.2) is 41.4 Å². The van der Waals surface area contributed by atoms with E-state index in [1.807, 2.05) is 6.20 Å². The van der Waals surface area contributed by atoms with Gasteiger partial charge in [-0.05, 0) is 13.0 Å². The third-order valence-electron chi connectivity index (χ3n) is 5.87. The fourth-order valence-electron chi connectivity index (χ4n) is 4.33. The lowest BCUT2D eigenvalue weighted by molar-refractivity contribution is -0.117. The highest BCUT2D eigenvalue weighted by Gasteiger charge is 2.28. The Morgan fingerprint density at radius 2 is 1.97 bits per heavy atom. The standard InChI is InChI=1S/C23H29F2N7O/c1-15(29-22-18-5-4-6-19(23(3,24)25)21(18)27-14-28-22)13-31-7-9-32(10-8-31)17-11-20(26-12-17)30-16(2)33/h4-6,12,14-15H,7-11,13H2,1-3H3,(H,26,30,33)(H,27,28,29)/t15-/m0/s1. The fourth-order valence-corrected chi connectivity index (χ4v) is 4.33. The molecule has 33 heavy (non-hydrogen) atoms. The molecule has 0 spiro atoms. The molecule has 1 fully saturated rings. The molecule has 8 nitrogen and oxygen atoms in total. The van der Waals surface area contributed by atoms with Crippen LogP contribution in [0.4, 0.5) is 14.6 Å². The average Bonchev–Trinajstić information content (AvgIpc) is 3.21. The van der Waals surface area contributed by atoms with E-state index in [1.54, 1.807) is 12.1 Å². The van der Waals surface area contributed by atoms with E-state index in [0.717, 1.165) is 45.3 Å². The second-order valence-electron chi connectivity index (χ2n) is 8.70. The zero-order valence-corrected chi connectivity index (χ0v) is 19.1. The van der Waals surface area contributed by atoms with Gasteiger partial charge in [-0.15, -0.1) is 0 Å². The Morgan fingerprint density at radius 3 is 2.67 bits per heavy atom. The maximum atomic E-state index is 14.0. The van der Waals surface area contributed by atoms with Crippen molar-refractivity contribution in [1.29, 1.82) is 0 Å². The predicted molar refractivity (Wildman–Crippen MR) is 124 cm³/mol. The first kappa shape index (κ1) is 23.0. The topological polar surface area (TPSA) is 85.8 Å². The van der Waals surface area contributed by atoms with E-state index in [4.69, 9.17) is 0 Å². The number of carbonyl (C=O) groups excluding carboxylic acids is 1. The molecule has 4 rings (SSSR count). The van der Waals surface area contributed by atoms with Crippen LogP contribution in [-0.4, -0.2) is 70.3 Å². The molecule has 2 N–H and O–H groups in total. The molecular weight excluding hydrogens is 428 g/mol. The minimum atomic E-state index is -2.97. The van der Waals surface area contributed by atoms with Crippen molar-refractivity contribution in [1.82, 2.24) is 25.1 Å². The number of amides is 1. The molecule has 2 aromatic rings. The summed E-state index contributed by atoms with van der Waals surface area (Å²) in [7, 11) is 0. The lowest BCUT2D eigenvalue weighted by Gasteiger charge is -2.37. The van der Waals surface area contributed by atoms with E-state index in [2.05, 4.69) is 42.3 Å². The van der Waals surface area contributed by atoms with Crippen molar-refractivity contribution >= 4 is 28.5 Å². The molecule has 0 radical (unpaired) electrons. The van der Waals surface area contributed by atoms with Crippen molar-refractivity contribution in [3.05, 3.63) is 42.0 Å². The number of alkyl halides is 2. The van der Waals surface area contributed by atoms with Gasteiger partial charge in [0.1, 0.15) is 18.0 Å². The number of fused-ring (bicyclic) bond motifs is 1. The number of hydrogen-bond donors (Lipinski definition) is 2. The number of nitrogens with one attached hydrogen (secondary N) is 2. The van der Waals surface area contributed by atoms with Crippen LogP contribution in [0, 0.1) is 0 Å². The number of hydrogen-bond acceptors (Lipinski definition) is 7. The number of para-hydroxylation sites is 1. The Morgan fingerprint density at radius 1 is 1.21 bits per heavy atom. The van der Waals surface area contributed by atoms with E-state index in [1.165, 1.54) is 19.3 Å². The van der Waals surface area contributed by atoms with Gasteiger partial charge < -0.3 is 15.5 Å². The number of aromatic nitrogens is 2. The molecule has 1 saturated heterocycles. The predicted octanol–water partition coefficient (Wildman–Crippen LogP) is 2.94. The van der Waals surface area contributed by atoms with Crippen molar-refractivity contribution in [2.45, 2.75) is 39.2 Å². The highest BCUT2D eigenvalue weighted by molar-refractivity contribution is 5.99. The summed E-state index contributed by atoms with van der Waals surface area (Å²) in [5, 5.41) is 6.73. The van der Waals surface area contributed by atoms with Crippen LogP contribution in [0.25, 0.3) is 10.9 Å². The van der Waals surface area contributed by atoms with Gasteiger partial charge in [0.2, 0.25) is 5.91 Å². The third kappa shape index (κ3) is 5.44. The van der Waals surface area contributed by atoms with E-state index in [0.29, 0.717) is 23.5 Å². The summed E-state index contributed by atoms with van der Waals surface area (Å²) < 4.78 is 28.0. The van der Waals surface area contributed by atoms with Crippen molar-refractivity contribution in [2.75, 3.05) is 38.0 Å². The third-order valence-corrected chi connectivity index (χ3v) is 5.87. The first-order valence-corrected chi connectivity index (χ1v) is 11.1. The Balaban J connectivity index is 1.32. The van der Waals surface area contributed by atoms with Crippen molar-refractivity contribution in [3.8, 4) is 0 Å². The van der Waals surface area contributed by atoms with E-state index in [9.17, 15) is 13.6 Å². The summed E-state index contributed by atoms with van der Waals surface area (Å²) in [6, 6.07) is 4.87. The van der Waals surface area contributed by atoms with Gasteiger partial charge in [-0.3, -0.25) is 9.69 Å². The van der Waals surface area contributed by atoms with E-state index >= 15 is 0 Å². The molecule has 1 aromatic heterocycles. The molecule has 176 valence electrons. The normalized spacial score (nSPS) is 18.2. The number of amidine groups is 1. The van der Waals surface area contributed by atoms with Gasteiger partial charge in [0, 0.05) is 81.9 Å². The molecule has 0 saturated carbocycles. The summed E-state index contributed by atoms with van der Waals surface area (Å²) in [6.45, 7) is 8.79. The SMILES string of the molecule is CC(=O)NC1=NC=C(N2CCN(C[C@H](C)Nc3ncnc4c(C(C)(F)F)cccc34)CC2)C1. The highest BCUT2D eigenvalue weighted by atomic mass is 19.3. The van der Waals surface area contributed by atoms with Gasteiger partial charge in [0.05, 0.1) is 5.52 Å². The summed E-state index contributed by atoms with van der Waals surface area (Å²) in [5.41, 5.74) is 1.30. The molecule has 0 aliphatic carbocycles. The van der Waals surface area contributed by atoms with Crippen LogP contribution in [-0.2, 0) is 10.7 Å². The summed E-state index contributed by atoms with van der Waals surface area (Å²) in [5.74, 6) is -1.82. The van der Waals surface area contributed by atoms with E-state index in [-0.39, 0.29) is 23.0 Å². The second kappa shape index (κ2) is 9.38. The van der Waals surface area contributed by atoms with Gasteiger partial charge >= 0.3 is 0 Å². The average molecular weight is 458 g/mol. The van der Waals surface area contributed by atoms with E-state index < -0.39 is 5.92 Å². The van der Waals surface area contributed by atoms with Gasteiger partial charge in [-0.2, -0.15) is 0 Å². The molecule has 2 aliphatic heterocycles. The Kier molecular flexibility index (Phi) is 6.55. The summed E-state index contributed by atoms with van der Waals surface area (Å²) >= 11 is 0. The lowest BCUT2D eigenvalue weighted by atomic mass is 10.1. The number of nitrogens with zero attached hydrogens (tertiary/aromatic N) is 5. The first-order valence-electron chi connectivity index (χ1n) is 11.1. The van der Waals surface area contributed by atoms with Crippen molar-refractivity contribution < 1.29 is 13.6 Å². The van der Waals surface area contributed by atoms with Crippen LogP contribution >= 0.6 is 0 Å². The molecule has 1 amide bonds. The number of aliphatic imine (C=N–C) groups is 1. The molecular formula is C23H29F2N7O. The number of piperazine rings is 1. The van der Waals surface area contributed by atoms with Crippen molar-refractivity contribution in [2.24, 2.45) is 4.99 Å². The molecule has 3 heterocycles. The minimum Gasteiger partial charge on any atom is -0.371 e. The second-order valence-corrected chi connectivity index (χ2v) is 8.70. The van der Waals surface area contributed by atoms with Crippen LogP contribution in [0.1, 0.15) is 32.8 Å². The van der Waals surface area contributed by atoms with Crippen molar-refractivity contribution in [3.63, 3.8) is 0 Å². The highest BCUT2D eigenvalue weighted by Crippen LogP contribution is 2.33. The summed E-state index contributed by atoms with van der Waals surface area (Å²) in [4.78, 5) is 28.6. The zero-order chi connectivity index (χ0) is 23.6. The number of rotatable bonds is 6. The molecule has 1 aromatic carbocycles. The fraction of sp³-hybridized carbons (Fsp3) is 0.478. The molecule has 1 atom stereocenters. The summed E-state index contributed by atoms with van der Waals surface area (Å²) in [6.07, 6.45) is 3.81. The Bertz CT molecular complexity index is 1090. The van der Waals surface area contributed by atoms with Gasteiger partial charge in [-0.1, -0.05) is 12.1 Å². The molecule has 2 aliphatic rings. The maximum absolute atomic E-state index is 14.0. The van der Waals surface area contributed by atoms with Crippen LogP contribution in [0.5, 0.6) is 0 Å². The lowest BCUT2D eigenvalue weighted by Crippen LogP contribution is -2.48. The maximum Gasteiger partial charge on any atom is 0.272 e. The number of anilines is 1. The molecule has 0 unspecified atom stereocenters. The first-order chi connectivity index (χ1) is 15.7. The number of benzene rings is 1. The molecule has 0 bridgehead atoms. The van der Waals surface area contributed by atoms with Crippen LogP contribution in [0.3, 0.4) is 0 Å². The number of halogens is 2. The Labute approximate surface area is 191 Å². The smallest absolute Gasteiger partial charge is 0.272 e. The van der Waals surface area contributed by atoms with Gasteiger partial charge in [0.25, 0.3) is 5.92 Å². The monoisotopic (exact) mass is 457 g/mol. The van der Waals surface area contributed by atoms with Crippen LogP contribution < -0.4 is 10.6 Å². The van der Waals surface area contributed by atoms with Gasteiger partial charge in [0.15, 0.2) is 0 Å². The minimum absolute atomic E-state index is 0.0702. The quantitative estimate of drug-likeness (QED) is 0.694. The zero-order valence-electron chi connectivity index (χ0n) is 19.1. The largest absolute Gasteiger partial charge is 0.371 e. The van der Waals surface area contributed by atoms with Gasteiger partial charge in [-0.25, -0.2) is 23.7 Å². The number of carbonyl (C=O) groups is 1. The van der Waals surface area contributed by atoms with Crippen LogP contribution in [0.2, 0.25) is 0 Å². The Hall–Kier alpha value is -3.14. The molecule has 10 heteroatoms.